The van der Waals surface area contributed by atoms with Crippen LogP contribution in [0.25, 0.3) is 5.65 Å². The van der Waals surface area contributed by atoms with Crippen molar-refractivity contribution in [3.8, 4) is 11.8 Å². The van der Waals surface area contributed by atoms with E-state index in [9.17, 15) is 12.8 Å². The second-order valence-corrected chi connectivity index (χ2v) is 7.24. The van der Waals surface area contributed by atoms with E-state index in [0.29, 0.717) is 5.65 Å². The lowest BCUT2D eigenvalue weighted by Crippen LogP contribution is -2.16. The summed E-state index contributed by atoms with van der Waals surface area (Å²) in [6.45, 7) is 1.87. The van der Waals surface area contributed by atoms with Crippen molar-refractivity contribution in [2.75, 3.05) is 11.8 Å². The molecular weight excluding hydrogens is 359 g/mol. The molecular formula is C17H15FN4O3S. The number of fused-ring (bicyclic) bond motifs is 1. The van der Waals surface area contributed by atoms with Crippen molar-refractivity contribution in [1.29, 1.82) is 5.26 Å². The Morgan fingerprint density at radius 1 is 1.38 bits per heavy atom. The van der Waals surface area contributed by atoms with Crippen LogP contribution < -0.4 is 9.46 Å². The molecule has 2 aromatic heterocycles. The molecule has 3 aromatic rings. The van der Waals surface area contributed by atoms with Gasteiger partial charge in [-0.15, -0.1) is 0 Å². The van der Waals surface area contributed by atoms with Crippen LogP contribution in [-0.2, 0) is 16.4 Å². The average molecular weight is 374 g/mol. The van der Waals surface area contributed by atoms with Crippen LogP contribution in [0.1, 0.15) is 11.1 Å². The number of aryl methyl sites for hydroxylation is 1. The number of methoxy groups -OCH3 is 1. The zero-order chi connectivity index (χ0) is 18.9. The Morgan fingerprint density at radius 2 is 2.15 bits per heavy atom. The second kappa shape index (κ2) is 6.65. The fourth-order valence-electron chi connectivity index (χ4n) is 2.52. The fourth-order valence-corrected chi connectivity index (χ4v) is 3.68. The minimum atomic E-state index is -4.05. The highest BCUT2D eigenvalue weighted by molar-refractivity contribution is 7.92. The number of benzene rings is 1. The van der Waals surface area contributed by atoms with Gasteiger partial charge in [0.1, 0.15) is 17.2 Å². The van der Waals surface area contributed by atoms with Gasteiger partial charge in [-0.25, -0.2) is 9.37 Å². The van der Waals surface area contributed by atoms with Crippen LogP contribution in [0, 0.1) is 24.1 Å². The van der Waals surface area contributed by atoms with E-state index >= 15 is 0 Å². The Hall–Kier alpha value is -3.12. The van der Waals surface area contributed by atoms with Crippen LogP contribution in [0.5, 0.6) is 5.75 Å². The highest BCUT2D eigenvalue weighted by Gasteiger charge is 2.22. The molecule has 0 amide bonds. The Labute approximate surface area is 149 Å². The molecule has 0 fully saturated rings. The number of pyridine rings is 1. The molecule has 134 valence electrons. The summed E-state index contributed by atoms with van der Waals surface area (Å²) in [5.41, 5.74) is 1.48. The number of nitriles is 1. The number of rotatable bonds is 5. The number of imidazole rings is 1. The maximum absolute atomic E-state index is 14.1. The zero-order valence-electron chi connectivity index (χ0n) is 14.0. The van der Waals surface area contributed by atoms with Crippen LogP contribution in [-0.4, -0.2) is 24.9 Å². The Morgan fingerprint density at radius 3 is 2.85 bits per heavy atom. The molecule has 2 heterocycles. The van der Waals surface area contributed by atoms with E-state index in [4.69, 9.17) is 10.00 Å². The summed E-state index contributed by atoms with van der Waals surface area (Å²) in [4.78, 5) is 4.09. The van der Waals surface area contributed by atoms with Gasteiger partial charge in [0.15, 0.2) is 5.03 Å². The van der Waals surface area contributed by atoms with Crippen molar-refractivity contribution in [2.24, 2.45) is 0 Å². The third kappa shape index (κ3) is 3.19. The smallest absolute Gasteiger partial charge is 0.279 e. The summed E-state index contributed by atoms with van der Waals surface area (Å²) in [5, 5.41) is 8.64. The van der Waals surface area contributed by atoms with Gasteiger partial charge in [0, 0.05) is 17.8 Å². The van der Waals surface area contributed by atoms with Gasteiger partial charge in [0.2, 0.25) is 0 Å². The average Bonchev–Trinajstić information content (AvgIpc) is 3.01. The third-order valence-corrected chi connectivity index (χ3v) is 5.13. The van der Waals surface area contributed by atoms with Gasteiger partial charge < -0.3 is 4.74 Å². The minimum absolute atomic E-state index is 0.0613. The zero-order valence-corrected chi connectivity index (χ0v) is 14.8. The summed E-state index contributed by atoms with van der Waals surface area (Å²) < 4.78 is 48.5. The molecule has 0 bridgehead atoms. The van der Waals surface area contributed by atoms with E-state index in [-0.39, 0.29) is 28.4 Å². The summed E-state index contributed by atoms with van der Waals surface area (Å²) in [6, 6.07) is 7.64. The van der Waals surface area contributed by atoms with Gasteiger partial charge >= 0.3 is 0 Å². The lowest BCUT2D eigenvalue weighted by molar-refractivity contribution is 0.415. The van der Waals surface area contributed by atoms with Crippen LogP contribution in [0.15, 0.2) is 41.7 Å². The first-order valence-electron chi connectivity index (χ1n) is 7.55. The SMILES string of the molecule is COc1cc(CC#N)c(F)cc1NS(=O)(=O)c1cnc2cc(C)ccn12. The number of hydrogen-bond acceptors (Lipinski definition) is 5. The maximum atomic E-state index is 14.1. The molecule has 0 atom stereocenters. The monoisotopic (exact) mass is 374 g/mol. The maximum Gasteiger partial charge on any atom is 0.279 e. The van der Waals surface area contributed by atoms with Gasteiger partial charge in [-0.1, -0.05) is 0 Å². The molecule has 1 aromatic carbocycles. The summed E-state index contributed by atoms with van der Waals surface area (Å²) in [7, 11) is -2.71. The fraction of sp³-hybridized carbons (Fsp3) is 0.176. The summed E-state index contributed by atoms with van der Waals surface area (Å²) >= 11 is 0. The first-order valence-corrected chi connectivity index (χ1v) is 9.04. The van der Waals surface area contributed by atoms with Crippen molar-refractivity contribution in [3.63, 3.8) is 0 Å². The van der Waals surface area contributed by atoms with E-state index < -0.39 is 15.8 Å². The van der Waals surface area contributed by atoms with E-state index in [0.717, 1.165) is 11.6 Å². The lowest BCUT2D eigenvalue weighted by atomic mass is 10.1. The molecule has 7 nitrogen and oxygen atoms in total. The van der Waals surface area contributed by atoms with Crippen LogP contribution in [0.2, 0.25) is 0 Å². The van der Waals surface area contributed by atoms with Crippen LogP contribution in [0.3, 0.4) is 0 Å². The molecule has 3 rings (SSSR count). The number of nitrogens with one attached hydrogen (secondary N) is 1. The molecule has 0 aliphatic heterocycles. The Kier molecular flexibility index (Phi) is 4.52. The van der Waals surface area contributed by atoms with E-state index in [2.05, 4.69) is 9.71 Å². The largest absolute Gasteiger partial charge is 0.495 e. The van der Waals surface area contributed by atoms with Gasteiger partial charge in [-0.3, -0.25) is 9.12 Å². The van der Waals surface area contributed by atoms with Crippen molar-refractivity contribution in [2.45, 2.75) is 18.4 Å². The van der Waals surface area contributed by atoms with Gasteiger partial charge in [0.05, 0.1) is 31.5 Å². The third-order valence-electron chi connectivity index (χ3n) is 3.79. The minimum Gasteiger partial charge on any atom is -0.495 e. The number of hydrogen-bond donors (Lipinski definition) is 1. The first-order chi connectivity index (χ1) is 12.4. The van der Waals surface area contributed by atoms with E-state index in [1.54, 1.807) is 18.3 Å². The highest BCUT2D eigenvalue weighted by atomic mass is 32.2. The Balaban J connectivity index is 2.04. The first kappa shape index (κ1) is 17.7. The number of ether oxygens (including phenoxy) is 1. The molecule has 0 saturated carbocycles. The molecule has 0 saturated heterocycles. The normalized spacial score (nSPS) is 11.3. The van der Waals surface area contributed by atoms with E-state index in [1.165, 1.54) is 23.8 Å². The molecule has 0 aliphatic carbocycles. The predicted molar refractivity (Wildman–Crippen MR) is 93.0 cm³/mol. The number of halogens is 1. The number of anilines is 1. The van der Waals surface area contributed by atoms with Crippen LogP contribution >= 0.6 is 0 Å². The second-order valence-electron chi connectivity index (χ2n) is 5.61. The molecule has 0 aliphatic rings. The molecule has 26 heavy (non-hydrogen) atoms. The lowest BCUT2D eigenvalue weighted by Gasteiger charge is -2.13. The van der Waals surface area contributed by atoms with Gasteiger partial charge in [0.25, 0.3) is 10.0 Å². The number of aromatic nitrogens is 2. The van der Waals surface area contributed by atoms with E-state index in [1.807, 2.05) is 13.0 Å². The summed E-state index contributed by atoms with van der Waals surface area (Å²) in [5.74, 6) is -0.580. The van der Waals surface area contributed by atoms with Crippen molar-refractivity contribution >= 4 is 21.4 Å². The van der Waals surface area contributed by atoms with Gasteiger partial charge in [-0.05, 0) is 30.7 Å². The predicted octanol–water partition coefficient (Wildman–Crippen LogP) is 2.66. The van der Waals surface area contributed by atoms with Crippen molar-refractivity contribution < 1.29 is 17.5 Å². The number of sulfonamides is 1. The molecule has 0 radical (unpaired) electrons. The van der Waals surface area contributed by atoms with Crippen molar-refractivity contribution in [3.05, 3.63) is 53.6 Å². The quantitative estimate of drug-likeness (QED) is 0.741. The number of nitrogens with zero attached hydrogens (tertiary/aromatic N) is 3. The summed E-state index contributed by atoms with van der Waals surface area (Å²) in [6.07, 6.45) is 2.67. The molecule has 9 heteroatoms. The van der Waals surface area contributed by atoms with Gasteiger partial charge in [-0.2, -0.15) is 13.7 Å². The molecule has 0 unspecified atom stereocenters. The highest BCUT2D eigenvalue weighted by Crippen LogP contribution is 2.30. The topological polar surface area (TPSA) is 96.5 Å². The Bertz CT molecular complexity index is 1130. The van der Waals surface area contributed by atoms with Crippen LogP contribution in [0.4, 0.5) is 10.1 Å². The van der Waals surface area contributed by atoms with Crippen molar-refractivity contribution in [1.82, 2.24) is 9.38 Å². The molecule has 1 N–H and O–H groups in total. The molecule has 0 spiro atoms. The standard InChI is InChI=1S/C17H15FN4O3S/c1-11-4-6-22-16(7-11)20-10-17(22)26(23,24)21-14-9-13(18)12(3-5-19)8-15(14)25-2/h4,6-10,21H,3H2,1-2H3.